The molecule has 18 heavy (non-hydrogen) atoms. The quantitative estimate of drug-likeness (QED) is 0.856. The fraction of sp³-hybridized carbons (Fsp3) is 0.600. The Bertz CT molecular complexity index is 379. The van der Waals surface area contributed by atoms with Crippen LogP contribution in [-0.4, -0.2) is 32.2 Å². The molecule has 0 saturated carbocycles. The Kier molecular flexibility index (Phi) is 3.69. The average molecular weight is 245 g/mol. The van der Waals surface area contributed by atoms with Crippen LogP contribution < -0.4 is 15.5 Å². The summed E-state index contributed by atoms with van der Waals surface area (Å²) >= 11 is 0. The standard InChI is InChI=1S/C15H23N3/c1-2-10-18(9-1)15-7-3-5-13(11-15)17-14-6-4-8-16-12-14/h3,5,7,11,14,16-17H,1-2,4,6,8-10,12H2. The summed E-state index contributed by atoms with van der Waals surface area (Å²) in [6.07, 6.45) is 5.23. The number of hydrogen-bond donors (Lipinski definition) is 2. The second-order valence-corrected chi connectivity index (χ2v) is 5.43. The van der Waals surface area contributed by atoms with Gasteiger partial charge in [0.15, 0.2) is 0 Å². The summed E-state index contributed by atoms with van der Waals surface area (Å²) in [5, 5.41) is 7.11. The van der Waals surface area contributed by atoms with Crippen LogP contribution in [-0.2, 0) is 0 Å². The van der Waals surface area contributed by atoms with Gasteiger partial charge >= 0.3 is 0 Å². The van der Waals surface area contributed by atoms with Crippen LogP contribution >= 0.6 is 0 Å². The van der Waals surface area contributed by atoms with Crippen LogP contribution in [0.2, 0.25) is 0 Å². The van der Waals surface area contributed by atoms with Crippen molar-refractivity contribution in [1.29, 1.82) is 0 Å². The summed E-state index contributed by atoms with van der Waals surface area (Å²) in [4.78, 5) is 2.49. The highest BCUT2D eigenvalue weighted by Gasteiger charge is 2.14. The van der Waals surface area contributed by atoms with Crippen LogP contribution in [0, 0.1) is 0 Å². The first-order valence-electron chi connectivity index (χ1n) is 7.24. The number of piperidine rings is 1. The van der Waals surface area contributed by atoms with Crippen molar-refractivity contribution in [2.75, 3.05) is 36.4 Å². The summed E-state index contributed by atoms with van der Waals surface area (Å²) in [5.41, 5.74) is 2.65. The zero-order chi connectivity index (χ0) is 12.2. The molecule has 0 spiro atoms. The molecule has 3 nitrogen and oxygen atoms in total. The molecule has 1 unspecified atom stereocenters. The molecular weight excluding hydrogens is 222 g/mol. The highest BCUT2D eigenvalue weighted by molar-refractivity contribution is 5.58. The third-order valence-corrected chi connectivity index (χ3v) is 3.99. The number of anilines is 2. The molecule has 2 heterocycles. The zero-order valence-corrected chi connectivity index (χ0v) is 11.0. The number of nitrogens with one attached hydrogen (secondary N) is 2. The minimum atomic E-state index is 0.590. The van der Waals surface area contributed by atoms with Gasteiger partial charge in [0.05, 0.1) is 0 Å². The number of hydrogen-bond acceptors (Lipinski definition) is 3. The fourth-order valence-corrected chi connectivity index (χ4v) is 2.98. The lowest BCUT2D eigenvalue weighted by Crippen LogP contribution is -2.38. The number of benzene rings is 1. The SMILES string of the molecule is c1cc(NC2CCCNC2)cc(N2CCCC2)c1. The molecule has 1 aromatic carbocycles. The van der Waals surface area contributed by atoms with Crippen LogP contribution in [0.1, 0.15) is 25.7 Å². The van der Waals surface area contributed by atoms with Gasteiger partial charge in [-0.25, -0.2) is 0 Å². The van der Waals surface area contributed by atoms with Crippen LogP contribution in [0.4, 0.5) is 11.4 Å². The van der Waals surface area contributed by atoms with Crippen molar-refractivity contribution in [1.82, 2.24) is 5.32 Å². The molecule has 2 aliphatic rings. The van der Waals surface area contributed by atoms with Crippen molar-refractivity contribution in [3.8, 4) is 0 Å². The lowest BCUT2D eigenvalue weighted by Gasteiger charge is -2.26. The van der Waals surface area contributed by atoms with Gasteiger partial charge in [-0.2, -0.15) is 0 Å². The monoisotopic (exact) mass is 245 g/mol. The number of rotatable bonds is 3. The van der Waals surface area contributed by atoms with E-state index in [1.807, 2.05) is 0 Å². The van der Waals surface area contributed by atoms with E-state index in [4.69, 9.17) is 0 Å². The highest BCUT2D eigenvalue weighted by atomic mass is 15.1. The summed E-state index contributed by atoms with van der Waals surface area (Å²) < 4.78 is 0. The van der Waals surface area contributed by atoms with E-state index in [2.05, 4.69) is 39.8 Å². The third-order valence-electron chi connectivity index (χ3n) is 3.99. The molecular formula is C15H23N3. The summed E-state index contributed by atoms with van der Waals surface area (Å²) in [5.74, 6) is 0. The molecule has 0 radical (unpaired) electrons. The normalized spacial score (nSPS) is 24.2. The third kappa shape index (κ3) is 2.78. The minimum absolute atomic E-state index is 0.590. The van der Waals surface area contributed by atoms with Crippen LogP contribution in [0.5, 0.6) is 0 Å². The van der Waals surface area contributed by atoms with E-state index in [-0.39, 0.29) is 0 Å². The molecule has 98 valence electrons. The van der Waals surface area contributed by atoms with Gasteiger partial charge in [-0.05, 0) is 50.4 Å². The largest absolute Gasteiger partial charge is 0.381 e. The lowest BCUT2D eigenvalue weighted by atomic mass is 10.1. The maximum atomic E-state index is 3.66. The van der Waals surface area contributed by atoms with Gasteiger partial charge in [0, 0.05) is 37.1 Å². The van der Waals surface area contributed by atoms with Crippen molar-refractivity contribution in [2.45, 2.75) is 31.7 Å². The van der Waals surface area contributed by atoms with Crippen molar-refractivity contribution in [3.63, 3.8) is 0 Å². The van der Waals surface area contributed by atoms with Gasteiger partial charge in [-0.15, -0.1) is 0 Å². The van der Waals surface area contributed by atoms with Crippen molar-refractivity contribution in [2.24, 2.45) is 0 Å². The molecule has 1 aromatic rings. The van der Waals surface area contributed by atoms with Gasteiger partial charge in [0.1, 0.15) is 0 Å². The molecule has 2 aliphatic heterocycles. The second-order valence-electron chi connectivity index (χ2n) is 5.43. The summed E-state index contributed by atoms with van der Waals surface area (Å²) in [6.45, 7) is 4.70. The predicted molar refractivity (Wildman–Crippen MR) is 77.4 cm³/mol. The molecule has 1 atom stereocenters. The van der Waals surface area contributed by atoms with E-state index in [1.165, 1.54) is 56.7 Å². The van der Waals surface area contributed by atoms with E-state index in [0.29, 0.717) is 6.04 Å². The van der Waals surface area contributed by atoms with E-state index in [9.17, 15) is 0 Å². The molecule has 2 saturated heterocycles. The smallest absolute Gasteiger partial charge is 0.0386 e. The Morgan fingerprint density at radius 2 is 2.06 bits per heavy atom. The Morgan fingerprint density at radius 1 is 1.17 bits per heavy atom. The molecule has 3 rings (SSSR count). The lowest BCUT2D eigenvalue weighted by molar-refractivity contribution is 0.480. The molecule has 0 bridgehead atoms. The molecule has 0 amide bonds. The highest BCUT2D eigenvalue weighted by Crippen LogP contribution is 2.24. The van der Waals surface area contributed by atoms with E-state index < -0.39 is 0 Å². The first kappa shape index (κ1) is 11.8. The van der Waals surface area contributed by atoms with Gasteiger partial charge in [0.2, 0.25) is 0 Å². The first-order chi connectivity index (χ1) is 8.92. The Morgan fingerprint density at radius 3 is 2.83 bits per heavy atom. The molecule has 0 aromatic heterocycles. The Hall–Kier alpha value is -1.22. The Labute approximate surface area is 110 Å². The molecule has 2 N–H and O–H groups in total. The van der Waals surface area contributed by atoms with Gasteiger partial charge in [-0.1, -0.05) is 6.07 Å². The second kappa shape index (κ2) is 5.61. The molecule has 2 fully saturated rings. The van der Waals surface area contributed by atoms with Crippen LogP contribution in [0.15, 0.2) is 24.3 Å². The average Bonchev–Trinajstić information content (AvgIpc) is 2.94. The number of nitrogens with zero attached hydrogens (tertiary/aromatic N) is 1. The van der Waals surface area contributed by atoms with E-state index in [0.717, 1.165) is 6.54 Å². The maximum Gasteiger partial charge on any atom is 0.0386 e. The van der Waals surface area contributed by atoms with E-state index >= 15 is 0 Å². The Balaban J connectivity index is 1.66. The topological polar surface area (TPSA) is 27.3 Å². The van der Waals surface area contributed by atoms with Crippen LogP contribution in [0.25, 0.3) is 0 Å². The fourth-order valence-electron chi connectivity index (χ4n) is 2.98. The zero-order valence-electron chi connectivity index (χ0n) is 11.0. The molecule has 0 aliphatic carbocycles. The van der Waals surface area contributed by atoms with Crippen molar-refractivity contribution >= 4 is 11.4 Å². The maximum absolute atomic E-state index is 3.66. The predicted octanol–water partition coefficient (Wildman–Crippen LogP) is 2.45. The molecule has 3 heteroatoms. The van der Waals surface area contributed by atoms with Gasteiger partial charge in [-0.3, -0.25) is 0 Å². The van der Waals surface area contributed by atoms with Crippen LogP contribution in [0.3, 0.4) is 0 Å². The van der Waals surface area contributed by atoms with Gasteiger partial charge in [0.25, 0.3) is 0 Å². The minimum Gasteiger partial charge on any atom is -0.381 e. The van der Waals surface area contributed by atoms with E-state index in [1.54, 1.807) is 0 Å². The first-order valence-corrected chi connectivity index (χ1v) is 7.24. The van der Waals surface area contributed by atoms with Crippen molar-refractivity contribution in [3.05, 3.63) is 24.3 Å². The van der Waals surface area contributed by atoms with Gasteiger partial charge < -0.3 is 15.5 Å². The van der Waals surface area contributed by atoms with Crippen molar-refractivity contribution < 1.29 is 0 Å². The summed E-state index contributed by atoms with van der Waals surface area (Å²) in [6, 6.07) is 9.49. The summed E-state index contributed by atoms with van der Waals surface area (Å²) in [7, 11) is 0.